The molecule has 2 aromatic carbocycles. The summed E-state index contributed by atoms with van der Waals surface area (Å²) in [5.41, 5.74) is 7.13. The first-order valence-electron chi connectivity index (χ1n) is 7.67. The standard InChI is InChI=1S/C19H22FNO2S/c1-19(2,3)24(4)23-12-13-7-5-8-14(11-13)15-9-6-10-16(17(15)20)18(21)22/h5-11H,12H2,1-4H3,(H-,21,22)/p+1. The van der Waals surface area contributed by atoms with Gasteiger partial charge in [-0.3, -0.25) is 4.79 Å². The molecule has 0 saturated carbocycles. The highest BCUT2D eigenvalue weighted by Crippen LogP contribution is 2.26. The molecule has 0 aromatic heterocycles. The van der Waals surface area contributed by atoms with Crippen LogP contribution in [0.1, 0.15) is 36.7 Å². The van der Waals surface area contributed by atoms with Crippen LogP contribution in [-0.2, 0) is 22.0 Å². The van der Waals surface area contributed by atoms with E-state index in [4.69, 9.17) is 9.92 Å². The largest absolute Gasteiger partial charge is 0.366 e. The van der Waals surface area contributed by atoms with E-state index in [-0.39, 0.29) is 21.5 Å². The first kappa shape index (κ1) is 18.5. The summed E-state index contributed by atoms with van der Waals surface area (Å²) in [6.45, 7) is 6.87. The number of rotatable bonds is 5. The van der Waals surface area contributed by atoms with Crippen LogP contribution in [0.3, 0.4) is 0 Å². The molecular formula is C19H23FNO2S+. The second-order valence-electron chi connectivity index (χ2n) is 6.56. The normalized spacial score (nSPS) is 12.9. The van der Waals surface area contributed by atoms with E-state index < -0.39 is 11.7 Å². The third kappa shape index (κ3) is 4.36. The minimum Gasteiger partial charge on any atom is -0.366 e. The molecule has 2 rings (SSSR count). The Balaban J connectivity index is 2.25. The predicted octanol–water partition coefficient (Wildman–Crippen LogP) is 4.07. The summed E-state index contributed by atoms with van der Waals surface area (Å²) >= 11 is -0.188. The quantitative estimate of drug-likeness (QED) is 0.828. The van der Waals surface area contributed by atoms with Crippen LogP contribution < -0.4 is 5.73 Å². The predicted molar refractivity (Wildman–Crippen MR) is 98.2 cm³/mol. The van der Waals surface area contributed by atoms with Crippen molar-refractivity contribution < 1.29 is 13.4 Å². The fourth-order valence-electron chi connectivity index (χ4n) is 2.11. The minimum atomic E-state index is -0.769. The van der Waals surface area contributed by atoms with E-state index in [0.717, 1.165) is 5.56 Å². The molecule has 1 atom stereocenters. The minimum absolute atomic E-state index is 0.0829. The molecule has 2 aromatic rings. The van der Waals surface area contributed by atoms with Gasteiger partial charge >= 0.3 is 0 Å². The van der Waals surface area contributed by atoms with Gasteiger partial charge in [0.2, 0.25) is 0 Å². The number of carbonyl (C=O) groups excluding carboxylic acids is 1. The third-order valence-electron chi connectivity index (χ3n) is 3.77. The molecule has 3 nitrogen and oxygen atoms in total. The molecule has 128 valence electrons. The van der Waals surface area contributed by atoms with E-state index in [0.29, 0.717) is 17.7 Å². The van der Waals surface area contributed by atoms with E-state index in [9.17, 15) is 9.18 Å². The Morgan fingerprint density at radius 2 is 1.88 bits per heavy atom. The van der Waals surface area contributed by atoms with Gasteiger partial charge in [0.15, 0.2) is 4.75 Å². The smallest absolute Gasteiger partial charge is 0.251 e. The fourth-order valence-corrected chi connectivity index (χ4v) is 2.77. The SMILES string of the molecule is C[S+](OCc1cccc(-c2cccc(C(N)=O)c2F)c1)C(C)(C)C. The molecule has 1 unspecified atom stereocenters. The number of halogens is 1. The lowest BCUT2D eigenvalue weighted by molar-refractivity contribution is 0.0996. The van der Waals surface area contributed by atoms with Crippen molar-refractivity contribution in [3.05, 3.63) is 59.4 Å². The number of hydrogen-bond acceptors (Lipinski definition) is 2. The molecule has 0 radical (unpaired) electrons. The maximum Gasteiger partial charge on any atom is 0.251 e. The van der Waals surface area contributed by atoms with Gasteiger partial charge in [-0.25, -0.2) is 4.39 Å². The van der Waals surface area contributed by atoms with Crippen molar-refractivity contribution in [1.29, 1.82) is 0 Å². The average molecular weight is 348 g/mol. The maximum atomic E-state index is 14.5. The van der Waals surface area contributed by atoms with Crippen molar-refractivity contribution in [2.45, 2.75) is 32.1 Å². The van der Waals surface area contributed by atoms with E-state index in [1.165, 1.54) is 6.07 Å². The van der Waals surface area contributed by atoms with Gasteiger partial charge in [-0.1, -0.05) is 30.3 Å². The van der Waals surface area contributed by atoms with Crippen LogP contribution in [0.2, 0.25) is 0 Å². The highest BCUT2D eigenvalue weighted by atomic mass is 32.2. The van der Waals surface area contributed by atoms with E-state index in [1.54, 1.807) is 12.1 Å². The zero-order valence-electron chi connectivity index (χ0n) is 14.4. The summed E-state index contributed by atoms with van der Waals surface area (Å²) in [7, 11) is 0. The molecule has 0 aliphatic heterocycles. The van der Waals surface area contributed by atoms with Crippen LogP contribution in [0.5, 0.6) is 0 Å². The molecule has 0 heterocycles. The van der Waals surface area contributed by atoms with Crippen LogP contribution in [0.15, 0.2) is 42.5 Å². The van der Waals surface area contributed by atoms with Gasteiger partial charge in [0.05, 0.1) is 5.56 Å². The molecule has 0 aliphatic carbocycles. The summed E-state index contributed by atoms with van der Waals surface area (Å²) in [5, 5.41) is 0. The molecule has 1 amide bonds. The molecule has 0 bridgehead atoms. The van der Waals surface area contributed by atoms with Crippen molar-refractivity contribution in [2.75, 3.05) is 6.26 Å². The Kier molecular flexibility index (Phi) is 5.67. The molecule has 0 saturated heterocycles. The van der Waals surface area contributed by atoms with Crippen LogP contribution >= 0.6 is 0 Å². The van der Waals surface area contributed by atoms with Gasteiger partial charge in [0, 0.05) is 5.56 Å². The molecule has 5 heteroatoms. The number of benzene rings is 2. The average Bonchev–Trinajstić information content (AvgIpc) is 2.51. The highest BCUT2D eigenvalue weighted by molar-refractivity contribution is 7.92. The number of carbonyl (C=O) groups is 1. The van der Waals surface area contributed by atoms with Gasteiger partial charge in [0.25, 0.3) is 5.91 Å². The lowest BCUT2D eigenvalue weighted by Gasteiger charge is -2.16. The first-order chi connectivity index (χ1) is 11.2. The molecule has 0 spiro atoms. The number of hydrogen-bond donors (Lipinski definition) is 1. The Hall–Kier alpha value is -1.85. The fraction of sp³-hybridized carbons (Fsp3) is 0.316. The van der Waals surface area contributed by atoms with Gasteiger partial charge in [-0.2, -0.15) is 4.18 Å². The van der Waals surface area contributed by atoms with Gasteiger partial charge < -0.3 is 5.73 Å². The molecule has 0 aliphatic rings. The Morgan fingerprint density at radius 3 is 2.50 bits per heavy atom. The summed E-state index contributed by atoms with van der Waals surface area (Å²) < 4.78 is 20.5. The van der Waals surface area contributed by atoms with Crippen LogP contribution in [0.25, 0.3) is 11.1 Å². The van der Waals surface area contributed by atoms with E-state index >= 15 is 0 Å². The van der Waals surface area contributed by atoms with Gasteiger partial charge in [-0.15, -0.1) is 0 Å². The summed E-state index contributed by atoms with van der Waals surface area (Å²) in [4.78, 5) is 11.3. The van der Waals surface area contributed by atoms with Crippen molar-refractivity contribution in [2.24, 2.45) is 5.73 Å². The second kappa shape index (κ2) is 7.36. The lowest BCUT2D eigenvalue weighted by Crippen LogP contribution is -2.28. The van der Waals surface area contributed by atoms with Gasteiger partial charge in [0.1, 0.15) is 29.9 Å². The topological polar surface area (TPSA) is 52.3 Å². The van der Waals surface area contributed by atoms with E-state index in [2.05, 4.69) is 27.0 Å². The van der Waals surface area contributed by atoms with Crippen molar-refractivity contribution >= 4 is 17.1 Å². The van der Waals surface area contributed by atoms with Crippen LogP contribution in [0, 0.1) is 5.82 Å². The van der Waals surface area contributed by atoms with Crippen LogP contribution in [0.4, 0.5) is 4.39 Å². The molecular weight excluding hydrogens is 325 g/mol. The van der Waals surface area contributed by atoms with E-state index in [1.807, 2.05) is 24.3 Å². The summed E-state index contributed by atoms with van der Waals surface area (Å²) in [5.74, 6) is -1.36. The van der Waals surface area contributed by atoms with Gasteiger partial charge in [-0.05, 0) is 44.0 Å². The highest BCUT2D eigenvalue weighted by Gasteiger charge is 2.32. The molecule has 2 N–H and O–H groups in total. The lowest BCUT2D eigenvalue weighted by atomic mass is 10.00. The third-order valence-corrected chi connectivity index (χ3v) is 5.96. The van der Waals surface area contributed by atoms with Crippen LogP contribution in [-0.4, -0.2) is 16.9 Å². The summed E-state index contributed by atoms with van der Waals surface area (Å²) in [6.07, 6.45) is 2.07. The van der Waals surface area contributed by atoms with Crippen molar-refractivity contribution in [1.82, 2.24) is 0 Å². The Morgan fingerprint density at radius 1 is 1.21 bits per heavy atom. The monoisotopic (exact) mass is 348 g/mol. The Labute approximate surface area is 145 Å². The first-order valence-corrected chi connectivity index (χ1v) is 9.23. The second-order valence-corrected chi connectivity index (χ2v) is 8.93. The zero-order valence-corrected chi connectivity index (χ0v) is 15.2. The number of nitrogens with two attached hydrogens (primary N) is 1. The molecule has 24 heavy (non-hydrogen) atoms. The maximum absolute atomic E-state index is 14.5. The number of amides is 1. The zero-order chi connectivity index (χ0) is 17.9. The number of primary amides is 1. The summed E-state index contributed by atoms with van der Waals surface area (Å²) in [6, 6.07) is 12.1. The van der Waals surface area contributed by atoms with Crippen molar-refractivity contribution in [3.63, 3.8) is 0 Å². The Bertz CT molecular complexity index is 740. The van der Waals surface area contributed by atoms with Crippen molar-refractivity contribution in [3.8, 4) is 11.1 Å². The molecule has 0 fully saturated rings.